The zero-order valence-electron chi connectivity index (χ0n) is 22.3. The second-order valence-electron chi connectivity index (χ2n) is 10.6. The lowest BCUT2D eigenvalue weighted by Gasteiger charge is -2.42. The van der Waals surface area contributed by atoms with Crippen LogP contribution in [0.15, 0.2) is 78.0 Å². The van der Waals surface area contributed by atoms with E-state index in [1.54, 1.807) is 7.11 Å². The molecule has 2 unspecified atom stereocenters. The number of benzene rings is 3. The van der Waals surface area contributed by atoms with Gasteiger partial charge in [-0.25, -0.2) is 4.98 Å². The van der Waals surface area contributed by atoms with E-state index < -0.39 is 16.8 Å². The summed E-state index contributed by atoms with van der Waals surface area (Å²) in [5.74, 6) is 0.241. The summed E-state index contributed by atoms with van der Waals surface area (Å²) in [6.45, 7) is 0. The molecule has 0 amide bonds. The first-order valence-electron chi connectivity index (χ1n) is 13.7. The van der Waals surface area contributed by atoms with Gasteiger partial charge in [-0.1, -0.05) is 72.6 Å². The Labute approximate surface area is 243 Å². The lowest BCUT2D eigenvalue weighted by molar-refractivity contribution is -0.177. The number of esters is 1. The van der Waals surface area contributed by atoms with Crippen molar-refractivity contribution in [1.82, 2.24) is 9.55 Å². The third-order valence-electron chi connectivity index (χ3n) is 8.20. The SMILES string of the molecule is COc1ccc(CCC2(C3CCCC3)CC(=O)C(Sc3nc4ccccc4n3-c3ccccc3)C(=O)O2)cc1Cl. The van der Waals surface area contributed by atoms with Crippen LogP contribution in [-0.4, -0.2) is 39.3 Å². The second kappa shape index (κ2) is 11.3. The lowest BCUT2D eigenvalue weighted by Crippen LogP contribution is -2.53. The summed E-state index contributed by atoms with van der Waals surface area (Å²) in [7, 11) is 1.59. The van der Waals surface area contributed by atoms with Gasteiger partial charge in [0.15, 0.2) is 16.2 Å². The van der Waals surface area contributed by atoms with E-state index in [1.807, 2.05) is 77.4 Å². The highest BCUT2D eigenvalue weighted by Gasteiger charge is 2.52. The topological polar surface area (TPSA) is 70.4 Å². The molecule has 40 heavy (non-hydrogen) atoms. The normalized spacial score (nSPS) is 21.6. The molecule has 1 aliphatic carbocycles. The Bertz CT molecular complexity index is 1530. The molecule has 6 nitrogen and oxygen atoms in total. The number of hydrogen-bond donors (Lipinski definition) is 0. The fourth-order valence-corrected chi connectivity index (χ4v) is 7.49. The number of ketones is 1. The van der Waals surface area contributed by atoms with Gasteiger partial charge >= 0.3 is 5.97 Å². The molecule has 0 radical (unpaired) electrons. The minimum Gasteiger partial charge on any atom is -0.495 e. The number of fused-ring (bicyclic) bond motifs is 1. The molecule has 2 fully saturated rings. The molecule has 6 rings (SSSR count). The van der Waals surface area contributed by atoms with Crippen molar-refractivity contribution in [2.24, 2.45) is 5.92 Å². The summed E-state index contributed by atoms with van der Waals surface area (Å²) in [6.07, 6.45) is 5.56. The largest absolute Gasteiger partial charge is 0.495 e. The van der Waals surface area contributed by atoms with Crippen LogP contribution in [0.25, 0.3) is 16.7 Å². The third kappa shape index (κ3) is 5.13. The Balaban J connectivity index is 1.27. The van der Waals surface area contributed by atoms with Crippen LogP contribution in [0, 0.1) is 5.92 Å². The molecule has 4 aromatic rings. The second-order valence-corrected chi connectivity index (χ2v) is 12.1. The number of Topliss-reactive ketones (excluding diaryl/α,β-unsaturated/α-hetero) is 1. The molecule has 1 saturated carbocycles. The third-order valence-corrected chi connectivity index (χ3v) is 9.67. The van der Waals surface area contributed by atoms with Gasteiger partial charge in [0, 0.05) is 12.1 Å². The molecule has 206 valence electrons. The zero-order valence-corrected chi connectivity index (χ0v) is 23.9. The molecule has 3 aromatic carbocycles. The number of carbonyl (C=O) groups is 2. The van der Waals surface area contributed by atoms with E-state index in [0.717, 1.165) is 48.0 Å². The molecule has 2 heterocycles. The van der Waals surface area contributed by atoms with E-state index in [2.05, 4.69) is 0 Å². The summed E-state index contributed by atoms with van der Waals surface area (Å²) in [5, 5.41) is 0.192. The number of methoxy groups -OCH3 is 1. The number of imidazole rings is 1. The maximum atomic E-state index is 13.8. The quantitative estimate of drug-likeness (QED) is 0.163. The van der Waals surface area contributed by atoms with Crippen LogP contribution < -0.4 is 4.74 Å². The van der Waals surface area contributed by atoms with Crippen LogP contribution in [-0.2, 0) is 20.7 Å². The lowest BCUT2D eigenvalue weighted by atomic mass is 9.76. The summed E-state index contributed by atoms with van der Waals surface area (Å²) in [4.78, 5) is 32.3. The maximum Gasteiger partial charge on any atom is 0.327 e. The number of aromatic nitrogens is 2. The summed E-state index contributed by atoms with van der Waals surface area (Å²) >= 11 is 7.55. The maximum absolute atomic E-state index is 13.8. The van der Waals surface area contributed by atoms with Gasteiger partial charge in [0.05, 0.1) is 23.2 Å². The molecule has 0 bridgehead atoms. The van der Waals surface area contributed by atoms with E-state index in [1.165, 1.54) is 11.8 Å². The number of thioether (sulfide) groups is 1. The molecule has 1 saturated heterocycles. The fraction of sp³-hybridized carbons (Fsp3) is 0.344. The van der Waals surface area contributed by atoms with Crippen LogP contribution in [0.3, 0.4) is 0 Å². The predicted octanol–water partition coefficient (Wildman–Crippen LogP) is 7.23. The summed E-state index contributed by atoms with van der Waals surface area (Å²) in [6, 6.07) is 23.4. The van der Waals surface area contributed by atoms with Crippen molar-refractivity contribution in [2.75, 3.05) is 7.11 Å². The number of carbonyl (C=O) groups excluding carboxylic acids is 2. The van der Waals surface area contributed by atoms with Crippen molar-refractivity contribution in [3.05, 3.63) is 83.4 Å². The van der Waals surface area contributed by atoms with Crippen LogP contribution in [0.2, 0.25) is 5.02 Å². The first kappa shape index (κ1) is 26.9. The van der Waals surface area contributed by atoms with Crippen LogP contribution in [0.5, 0.6) is 5.75 Å². The van der Waals surface area contributed by atoms with Crippen LogP contribution in [0.4, 0.5) is 0 Å². The standard InChI is InChI=1S/C32H31ClN2O4S/c1-38-28-16-15-21(19-24(28)33)17-18-32(22-9-5-6-10-22)20-27(36)29(30(37)39-32)40-31-34-25-13-7-8-14-26(25)35(31)23-11-3-2-4-12-23/h2-4,7-8,11-16,19,22,29H,5-6,9-10,17-18,20H2,1H3. The van der Waals surface area contributed by atoms with Gasteiger partial charge in [-0.05, 0) is 73.6 Å². The average Bonchev–Trinajstić information content (AvgIpc) is 3.63. The van der Waals surface area contributed by atoms with Crippen LogP contribution >= 0.6 is 23.4 Å². The Morgan fingerprint density at radius 2 is 1.80 bits per heavy atom. The van der Waals surface area contributed by atoms with E-state index in [4.69, 9.17) is 26.1 Å². The van der Waals surface area contributed by atoms with Crippen molar-refractivity contribution in [2.45, 2.75) is 61.0 Å². The molecular weight excluding hydrogens is 544 g/mol. The molecule has 0 N–H and O–H groups in total. The van der Waals surface area contributed by atoms with Crippen molar-refractivity contribution in [1.29, 1.82) is 0 Å². The van der Waals surface area contributed by atoms with Crippen molar-refractivity contribution < 1.29 is 19.1 Å². The number of aryl methyl sites for hydroxylation is 1. The van der Waals surface area contributed by atoms with Crippen molar-refractivity contribution >= 4 is 46.1 Å². The number of halogens is 1. The van der Waals surface area contributed by atoms with Crippen LogP contribution in [0.1, 0.15) is 44.1 Å². The zero-order chi connectivity index (χ0) is 27.7. The monoisotopic (exact) mass is 574 g/mol. The van der Waals surface area contributed by atoms with Gasteiger partial charge < -0.3 is 9.47 Å². The van der Waals surface area contributed by atoms with Gasteiger partial charge in [0.25, 0.3) is 0 Å². The first-order chi connectivity index (χ1) is 19.5. The van der Waals surface area contributed by atoms with Gasteiger partial charge in [-0.15, -0.1) is 0 Å². The Kier molecular flexibility index (Phi) is 7.60. The number of hydrogen-bond acceptors (Lipinski definition) is 6. The molecule has 1 aliphatic heterocycles. The number of nitrogens with zero attached hydrogens (tertiary/aromatic N) is 2. The number of ether oxygens (including phenoxy) is 2. The highest BCUT2D eigenvalue weighted by Crippen LogP contribution is 2.46. The van der Waals surface area contributed by atoms with Gasteiger partial charge in [-0.3, -0.25) is 14.2 Å². The van der Waals surface area contributed by atoms with E-state index >= 15 is 0 Å². The molecule has 8 heteroatoms. The molecule has 0 spiro atoms. The van der Waals surface area contributed by atoms with E-state index in [-0.39, 0.29) is 18.1 Å². The Morgan fingerprint density at radius 3 is 2.52 bits per heavy atom. The highest BCUT2D eigenvalue weighted by molar-refractivity contribution is 8.01. The Morgan fingerprint density at radius 1 is 1.05 bits per heavy atom. The van der Waals surface area contributed by atoms with Gasteiger partial charge in [0.2, 0.25) is 0 Å². The number of rotatable bonds is 8. The van der Waals surface area contributed by atoms with Gasteiger partial charge in [-0.2, -0.15) is 0 Å². The minimum atomic E-state index is -0.954. The minimum absolute atomic E-state index is 0.0902. The summed E-state index contributed by atoms with van der Waals surface area (Å²) < 4.78 is 13.6. The number of para-hydroxylation sites is 3. The van der Waals surface area contributed by atoms with Crippen molar-refractivity contribution in [3.63, 3.8) is 0 Å². The van der Waals surface area contributed by atoms with E-state index in [0.29, 0.717) is 28.8 Å². The smallest absolute Gasteiger partial charge is 0.327 e. The fourth-order valence-electron chi connectivity index (χ4n) is 6.18. The molecule has 2 atom stereocenters. The Hall–Kier alpha value is -3.29. The highest BCUT2D eigenvalue weighted by atomic mass is 35.5. The first-order valence-corrected chi connectivity index (χ1v) is 15.0. The summed E-state index contributed by atoms with van der Waals surface area (Å²) in [5.41, 5.74) is 2.89. The predicted molar refractivity (Wildman–Crippen MR) is 157 cm³/mol. The molecular formula is C32H31ClN2O4S. The molecule has 1 aromatic heterocycles. The number of cyclic esters (lactones) is 1. The van der Waals surface area contributed by atoms with E-state index in [9.17, 15) is 9.59 Å². The van der Waals surface area contributed by atoms with Gasteiger partial charge in [0.1, 0.15) is 11.4 Å². The van der Waals surface area contributed by atoms with Crippen molar-refractivity contribution in [3.8, 4) is 11.4 Å². The molecule has 2 aliphatic rings. The average molecular weight is 575 g/mol.